The summed E-state index contributed by atoms with van der Waals surface area (Å²) in [5, 5.41) is 20.4. The minimum atomic E-state index is -0.235. The fraction of sp³-hybridized carbons (Fsp3) is 0.619. The summed E-state index contributed by atoms with van der Waals surface area (Å²) in [6.07, 6.45) is 10.2. The second-order valence-corrected chi connectivity index (χ2v) is 8.07. The molecule has 0 aromatic heterocycles. The fourth-order valence-corrected chi connectivity index (χ4v) is 5.91. The van der Waals surface area contributed by atoms with Gasteiger partial charge in [0.05, 0.1) is 12.2 Å². The Kier molecular flexibility index (Phi) is 3.86. The summed E-state index contributed by atoms with van der Waals surface area (Å²) in [4.78, 5) is 0. The number of aliphatic hydroxyl groups excluding tert-OH is 1. The zero-order valence-electron chi connectivity index (χ0n) is 14.2. The first-order valence-electron chi connectivity index (χ1n) is 9.09. The minimum Gasteiger partial charge on any atom is -0.508 e. The third-order valence-electron chi connectivity index (χ3n) is 6.99. The topological polar surface area (TPSA) is 49.7 Å². The molecular formula is C21H26O3. The fourth-order valence-electron chi connectivity index (χ4n) is 5.91. The van der Waals surface area contributed by atoms with E-state index in [2.05, 4.69) is 18.9 Å². The van der Waals surface area contributed by atoms with E-state index in [1.54, 1.807) is 6.07 Å². The van der Waals surface area contributed by atoms with Crippen LogP contribution in [0.15, 0.2) is 18.2 Å². The van der Waals surface area contributed by atoms with Crippen molar-refractivity contribution in [2.24, 2.45) is 17.3 Å². The molecule has 2 saturated carbocycles. The highest BCUT2D eigenvalue weighted by molar-refractivity contribution is 5.41. The number of rotatable bonds is 2. The number of hydrogen-bond donors (Lipinski definition) is 2. The van der Waals surface area contributed by atoms with Gasteiger partial charge in [-0.1, -0.05) is 18.9 Å². The monoisotopic (exact) mass is 326 g/mol. The molecule has 3 nitrogen and oxygen atoms in total. The zero-order chi connectivity index (χ0) is 16.9. The van der Waals surface area contributed by atoms with Crippen LogP contribution in [0.2, 0.25) is 0 Å². The number of terminal acetylenes is 1. The number of fused-ring (bicyclic) bond motifs is 5. The maximum Gasteiger partial charge on any atom is 0.115 e. The molecule has 0 spiro atoms. The van der Waals surface area contributed by atoms with Gasteiger partial charge in [-0.15, -0.1) is 6.42 Å². The third-order valence-corrected chi connectivity index (χ3v) is 6.99. The first kappa shape index (κ1) is 16.0. The Morgan fingerprint density at radius 2 is 2.17 bits per heavy atom. The lowest BCUT2D eigenvalue weighted by Gasteiger charge is -2.53. The molecule has 24 heavy (non-hydrogen) atoms. The van der Waals surface area contributed by atoms with Crippen LogP contribution < -0.4 is 0 Å². The van der Waals surface area contributed by atoms with Gasteiger partial charge in [-0.05, 0) is 72.6 Å². The summed E-state index contributed by atoms with van der Waals surface area (Å²) in [6, 6.07) is 5.76. The molecule has 4 rings (SSSR count). The normalized spacial score (nSPS) is 40.3. The summed E-state index contributed by atoms with van der Waals surface area (Å²) in [5.74, 6) is 4.34. The van der Waals surface area contributed by atoms with Crippen molar-refractivity contribution in [3.05, 3.63) is 29.3 Å². The van der Waals surface area contributed by atoms with E-state index in [0.29, 0.717) is 30.1 Å². The molecular weight excluding hydrogens is 300 g/mol. The van der Waals surface area contributed by atoms with Crippen LogP contribution in [-0.4, -0.2) is 29.0 Å². The van der Waals surface area contributed by atoms with E-state index in [1.807, 2.05) is 6.07 Å². The van der Waals surface area contributed by atoms with Crippen LogP contribution in [0.25, 0.3) is 0 Å². The molecule has 2 fully saturated rings. The van der Waals surface area contributed by atoms with Crippen molar-refractivity contribution in [1.82, 2.24) is 0 Å². The Labute approximate surface area is 144 Å². The number of phenolic OH excluding ortho intramolecular Hbond substituents is 1. The van der Waals surface area contributed by atoms with Crippen LogP contribution in [0.4, 0.5) is 0 Å². The van der Waals surface area contributed by atoms with Gasteiger partial charge < -0.3 is 14.9 Å². The molecule has 3 heteroatoms. The van der Waals surface area contributed by atoms with Crippen molar-refractivity contribution in [3.63, 3.8) is 0 Å². The molecule has 0 radical (unpaired) electrons. The number of aliphatic hydroxyl groups is 1. The smallest absolute Gasteiger partial charge is 0.115 e. The van der Waals surface area contributed by atoms with Crippen molar-refractivity contribution in [2.75, 3.05) is 6.61 Å². The van der Waals surface area contributed by atoms with Crippen LogP contribution in [0, 0.1) is 29.6 Å². The van der Waals surface area contributed by atoms with Crippen molar-refractivity contribution in [1.29, 1.82) is 0 Å². The number of aryl methyl sites for hydroxylation is 1. The molecule has 0 bridgehead atoms. The van der Waals surface area contributed by atoms with Crippen LogP contribution in [-0.2, 0) is 11.2 Å². The van der Waals surface area contributed by atoms with E-state index in [1.165, 1.54) is 11.1 Å². The highest BCUT2D eigenvalue weighted by atomic mass is 16.5. The van der Waals surface area contributed by atoms with Gasteiger partial charge in [0.25, 0.3) is 0 Å². The average molecular weight is 326 g/mol. The van der Waals surface area contributed by atoms with E-state index in [9.17, 15) is 10.2 Å². The molecule has 1 aromatic carbocycles. The van der Waals surface area contributed by atoms with Gasteiger partial charge in [0, 0.05) is 5.92 Å². The predicted octanol–water partition coefficient (Wildman–Crippen LogP) is 3.24. The summed E-state index contributed by atoms with van der Waals surface area (Å²) in [7, 11) is 0. The van der Waals surface area contributed by atoms with Crippen molar-refractivity contribution in [3.8, 4) is 18.1 Å². The third kappa shape index (κ3) is 2.28. The number of benzene rings is 1. The molecule has 0 heterocycles. The molecule has 6 atom stereocenters. The van der Waals surface area contributed by atoms with Gasteiger partial charge in [-0.2, -0.15) is 0 Å². The number of ether oxygens (including phenoxy) is 1. The molecule has 3 aliphatic rings. The molecule has 128 valence electrons. The lowest BCUT2D eigenvalue weighted by Crippen LogP contribution is -2.50. The van der Waals surface area contributed by atoms with Crippen LogP contribution in [0.5, 0.6) is 5.75 Å². The highest BCUT2D eigenvalue weighted by Gasteiger charge is 2.57. The quantitative estimate of drug-likeness (QED) is 0.820. The molecule has 1 aromatic rings. The summed E-state index contributed by atoms with van der Waals surface area (Å²) in [5.41, 5.74) is 2.50. The van der Waals surface area contributed by atoms with Gasteiger partial charge in [0.1, 0.15) is 12.4 Å². The lowest BCUT2D eigenvalue weighted by molar-refractivity contribution is -0.0989. The highest BCUT2D eigenvalue weighted by Crippen LogP contribution is 2.61. The summed E-state index contributed by atoms with van der Waals surface area (Å²) >= 11 is 0. The van der Waals surface area contributed by atoms with E-state index < -0.39 is 0 Å². The van der Waals surface area contributed by atoms with Gasteiger partial charge in [-0.3, -0.25) is 0 Å². The maximum atomic E-state index is 10.6. The molecule has 0 amide bonds. The number of aromatic hydroxyl groups is 1. The molecule has 0 aliphatic heterocycles. The van der Waals surface area contributed by atoms with Crippen molar-refractivity contribution < 1.29 is 14.9 Å². The van der Waals surface area contributed by atoms with Gasteiger partial charge >= 0.3 is 0 Å². The summed E-state index contributed by atoms with van der Waals surface area (Å²) in [6.45, 7) is 2.56. The zero-order valence-corrected chi connectivity index (χ0v) is 14.2. The van der Waals surface area contributed by atoms with E-state index in [4.69, 9.17) is 11.2 Å². The Balaban J connectivity index is 1.75. The Morgan fingerprint density at radius 3 is 2.96 bits per heavy atom. The molecule has 3 aliphatic carbocycles. The van der Waals surface area contributed by atoms with Crippen LogP contribution in [0.3, 0.4) is 0 Å². The molecule has 0 saturated heterocycles. The Morgan fingerprint density at radius 1 is 1.33 bits per heavy atom. The maximum absolute atomic E-state index is 10.6. The van der Waals surface area contributed by atoms with E-state index in [0.717, 1.165) is 32.1 Å². The van der Waals surface area contributed by atoms with Gasteiger partial charge in [-0.25, -0.2) is 0 Å². The minimum absolute atomic E-state index is 0.0450. The predicted molar refractivity (Wildman–Crippen MR) is 92.7 cm³/mol. The molecule has 0 unspecified atom stereocenters. The van der Waals surface area contributed by atoms with Crippen molar-refractivity contribution >= 4 is 0 Å². The Bertz CT molecular complexity index is 676. The van der Waals surface area contributed by atoms with E-state index >= 15 is 0 Å². The second kappa shape index (κ2) is 5.79. The van der Waals surface area contributed by atoms with E-state index in [-0.39, 0.29) is 17.6 Å². The number of hydrogen-bond acceptors (Lipinski definition) is 3. The van der Waals surface area contributed by atoms with Gasteiger partial charge in [0.2, 0.25) is 0 Å². The largest absolute Gasteiger partial charge is 0.508 e. The van der Waals surface area contributed by atoms with Gasteiger partial charge in [0.15, 0.2) is 0 Å². The lowest BCUT2D eigenvalue weighted by atomic mass is 9.54. The molecule has 2 N–H and O–H groups in total. The first-order valence-corrected chi connectivity index (χ1v) is 9.09. The summed E-state index contributed by atoms with van der Waals surface area (Å²) < 4.78 is 6.10. The van der Waals surface area contributed by atoms with Crippen LogP contribution >= 0.6 is 0 Å². The Hall–Kier alpha value is -1.50. The first-order chi connectivity index (χ1) is 11.5. The average Bonchev–Trinajstić information content (AvgIpc) is 2.87. The van der Waals surface area contributed by atoms with Crippen LogP contribution in [0.1, 0.15) is 49.7 Å². The SMILES string of the molecule is C#CCO[C@@H]1C[C@]2(C)[C@@H](O)CC[C@H]2[C@@H]2CCc3cc(O)ccc3[C@H]21. The number of phenols is 1. The standard InChI is InChI=1S/C21H26O3/c1-3-10-24-18-12-21(2)17(8-9-19(21)23)16-6-4-13-11-14(22)5-7-15(13)20(16)18/h1,5,7,11,16-20,22-23H,4,6,8-10,12H2,2H3/t16-,17-,18+,19-,20+,21-/m0/s1. The second-order valence-electron chi connectivity index (χ2n) is 8.07. The van der Waals surface area contributed by atoms with Crippen molar-refractivity contribution in [2.45, 2.75) is 57.2 Å².